The van der Waals surface area contributed by atoms with Crippen molar-refractivity contribution in [2.45, 2.75) is 39.2 Å². The number of hydrogen-bond donors (Lipinski definition) is 2. The summed E-state index contributed by atoms with van der Waals surface area (Å²) in [5.41, 5.74) is 0.452. The van der Waals surface area contributed by atoms with E-state index in [1.165, 1.54) is 6.42 Å². The fourth-order valence-corrected chi connectivity index (χ4v) is 3.09. The molecule has 0 saturated carbocycles. The Kier molecular flexibility index (Phi) is 5.57. The molecule has 7 nitrogen and oxygen atoms in total. The third-order valence-electron chi connectivity index (χ3n) is 3.90. The molecule has 3 rings (SSSR count). The summed E-state index contributed by atoms with van der Waals surface area (Å²) in [7, 11) is 0. The van der Waals surface area contributed by atoms with Crippen molar-refractivity contribution in [1.82, 2.24) is 15.2 Å². The lowest BCUT2D eigenvalue weighted by Crippen LogP contribution is -2.30. The van der Waals surface area contributed by atoms with Gasteiger partial charge in [-0.1, -0.05) is 15.9 Å². The van der Waals surface area contributed by atoms with Gasteiger partial charge in [-0.15, -0.1) is 5.10 Å². The van der Waals surface area contributed by atoms with Gasteiger partial charge in [0, 0.05) is 17.6 Å². The first-order chi connectivity index (χ1) is 12.0. The lowest BCUT2D eigenvalue weighted by Gasteiger charge is -2.24. The molecule has 1 amide bonds. The minimum absolute atomic E-state index is 0.0307. The van der Waals surface area contributed by atoms with Crippen molar-refractivity contribution in [3.05, 3.63) is 28.2 Å². The fourth-order valence-electron chi connectivity index (χ4n) is 2.75. The van der Waals surface area contributed by atoms with Crippen LogP contribution in [0.2, 0.25) is 0 Å². The normalized spacial score (nSPS) is 14.6. The second kappa shape index (κ2) is 7.86. The van der Waals surface area contributed by atoms with Gasteiger partial charge < -0.3 is 9.64 Å². The molecule has 1 aromatic heterocycles. The number of piperidine rings is 1. The summed E-state index contributed by atoms with van der Waals surface area (Å²) >= 11 is 3.40. The minimum atomic E-state index is -0.288. The van der Waals surface area contributed by atoms with Gasteiger partial charge in [0.05, 0.1) is 11.7 Å². The molecule has 0 unspecified atom stereocenters. The Morgan fingerprint density at radius 2 is 2.08 bits per heavy atom. The van der Waals surface area contributed by atoms with Crippen molar-refractivity contribution < 1.29 is 9.53 Å². The number of benzene rings is 1. The molecule has 2 heterocycles. The number of amides is 1. The Hall–Kier alpha value is -2.09. The van der Waals surface area contributed by atoms with Crippen LogP contribution in [0.1, 0.15) is 43.5 Å². The molecule has 0 atom stereocenters. The van der Waals surface area contributed by atoms with Crippen molar-refractivity contribution in [3.8, 4) is 5.75 Å². The Labute approximate surface area is 155 Å². The molecule has 0 radical (unpaired) electrons. The molecule has 8 heteroatoms. The highest BCUT2D eigenvalue weighted by atomic mass is 79.9. The van der Waals surface area contributed by atoms with Gasteiger partial charge in [0.1, 0.15) is 5.75 Å². The first-order valence-corrected chi connectivity index (χ1v) is 9.27. The summed E-state index contributed by atoms with van der Waals surface area (Å²) in [6.45, 7) is 5.74. The van der Waals surface area contributed by atoms with Crippen LogP contribution in [0, 0.1) is 0 Å². The first kappa shape index (κ1) is 17.7. The predicted octanol–water partition coefficient (Wildman–Crippen LogP) is 3.60. The monoisotopic (exact) mass is 407 g/mol. The first-order valence-electron chi connectivity index (χ1n) is 8.48. The number of ether oxygens (including phenoxy) is 1. The highest BCUT2D eigenvalue weighted by molar-refractivity contribution is 9.10. The van der Waals surface area contributed by atoms with E-state index in [1.807, 2.05) is 19.9 Å². The van der Waals surface area contributed by atoms with Crippen LogP contribution in [0.15, 0.2) is 22.7 Å². The van der Waals surface area contributed by atoms with Crippen molar-refractivity contribution in [2.24, 2.45) is 0 Å². The van der Waals surface area contributed by atoms with Crippen LogP contribution < -0.4 is 15.0 Å². The SMILES string of the molecule is CC(C)Oc1cc(Br)ccc1C(=O)Nc1nc(N2CCCCC2)n[nH]1. The average Bonchev–Trinajstić information content (AvgIpc) is 3.03. The summed E-state index contributed by atoms with van der Waals surface area (Å²) in [5, 5.41) is 9.76. The number of nitrogens with one attached hydrogen (secondary N) is 2. The van der Waals surface area contributed by atoms with E-state index in [2.05, 4.69) is 41.3 Å². The third-order valence-corrected chi connectivity index (χ3v) is 4.39. The lowest BCUT2D eigenvalue weighted by molar-refractivity contribution is 0.102. The molecule has 134 valence electrons. The number of halogens is 1. The number of aromatic amines is 1. The number of carbonyl (C=O) groups is 1. The number of rotatable bonds is 5. The van der Waals surface area contributed by atoms with E-state index in [1.54, 1.807) is 12.1 Å². The molecule has 1 fully saturated rings. The van der Waals surface area contributed by atoms with E-state index >= 15 is 0 Å². The zero-order valence-electron chi connectivity index (χ0n) is 14.4. The van der Waals surface area contributed by atoms with Gasteiger partial charge >= 0.3 is 0 Å². The number of anilines is 2. The van der Waals surface area contributed by atoms with Crippen LogP contribution in [0.5, 0.6) is 5.75 Å². The van der Waals surface area contributed by atoms with E-state index < -0.39 is 0 Å². The van der Waals surface area contributed by atoms with E-state index in [-0.39, 0.29) is 12.0 Å². The summed E-state index contributed by atoms with van der Waals surface area (Å²) in [4.78, 5) is 19.1. The van der Waals surface area contributed by atoms with Gasteiger partial charge in [0.15, 0.2) is 0 Å². The van der Waals surface area contributed by atoms with E-state index in [9.17, 15) is 4.79 Å². The van der Waals surface area contributed by atoms with Gasteiger partial charge in [-0.05, 0) is 51.3 Å². The average molecular weight is 408 g/mol. The number of H-pyrrole nitrogens is 1. The zero-order valence-corrected chi connectivity index (χ0v) is 16.0. The second-order valence-electron chi connectivity index (χ2n) is 6.29. The maximum Gasteiger partial charge on any atom is 0.261 e. The van der Waals surface area contributed by atoms with Crippen LogP contribution in [0.25, 0.3) is 0 Å². The largest absolute Gasteiger partial charge is 0.490 e. The molecule has 2 aromatic rings. The Morgan fingerprint density at radius 3 is 2.80 bits per heavy atom. The summed E-state index contributed by atoms with van der Waals surface area (Å²) in [6, 6.07) is 5.31. The Morgan fingerprint density at radius 1 is 1.32 bits per heavy atom. The molecular formula is C17H22BrN5O2. The van der Waals surface area contributed by atoms with E-state index in [4.69, 9.17) is 4.74 Å². The Balaban J connectivity index is 1.73. The number of nitrogens with zero attached hydrogens (tertiary/aromatic N) is 3. The van der Waals surface area contributed by atoms with Gasteiger partial charge in [-0.25, -0.2) is 5.10 Å². The van der Waals surface area contributed by atoms with Crippen molar-refractivity contribution >= 4 is 33.7 Å². The number of carbonyl (C=O) groups excluding carboxylic acids is 1. The van der Waals surface area contributed by atoms with Crippen LogP contribution in [-0.2, 0) is 0 Å². The van der Waals surface area contributed by atoms with Gasteiger partial charge in [-0.3, -0.25) is 10.1 Å². The summed E-state index contributed by atoms with van der Waals surface area (Å²) in [5.74, 6) is 1.20. The highest BCUT2D eigenvalue weighted by Crippen LogP contribution is 2.26. The summed E-state index contributed by atoms with van der Waals surface area (Å²) < 4.78 is 6.59. The van der Waals surface area contributed by atoms with Crippen LogP contribution in [-0.4, -0.2) is 40.3 Å². The minimum Gasteiger partial charge on any atom is -0.490 e. The second-order valence-corrected chi connectivity index (χ2v) is 7.21. The molecule has 1 aliphatic rings. The summed E-state index contributed by atoms with van der Waals surface area (Å²) in [6.07, 6.45) is 3.50. The van der Waals surface area contributed by atoms with E-state index in [0.29, 0.717) is 23.2 Å². The highest BCUT2D eigenvalue weighted by Gasteiger charge is 2.18. The Bertz CT molecular complexity index is 740. The van der Waals surface area contributed by atoms with Gasteiger partial charge in [0.25, 0.3) is 5.91 Å². The zero-order chi connectivity index (χ0) is 17.8. The smallest absolute Gasteiger partial charge is 0.261 e. The third kappa shape index (κ3) is 4.50. The predicted molar refractivity (Wildman–Crippen MR) is 100 cm³/mol. The molecule has 0 spiro atoms. The molecule has 0 bridgehead atoms. The molecule has 1 aliphatic heterocycles. The maximum atomic E-state index is 12.6. The standard InChI is InChI=1S/C17H22BrN5O2/c1-11(2)25-14-10-12(18)6-7-13(14)15(24)19-16-20-17(22-21-16)23-8-4-3-5-9-23/h6-7,10-11H,3-5,8-9H2,1-2H3,(H2,19,20,21,22,24). The molecular weight excluding hydrogens is 386 g/mol. The van der Waals surface area contributed by atoms with Crippen molar-refractivity contribution in [3.63, 3.8) is 0 Å². The molecule has 2 N–H and O–H groups in total. The van der Waals surface area contributed by atoms with Crippen LogP contribution in [0.4, 0.5) is 11.9 Å². The van der Waals surface area contributed by atoms with Gasteiger partial charge in [0.2, 0.25) is 11.9 Å². The quantitative estimate of drug-likeness (QED) is 0.790. The van der Waals surface area contributed by atoms with Crippen LogP contribution >= 0.6 is 15.9 Å². The van der Waals surface area contributed by atoms with Crippen LogP contribution in [0.3, 0.4) is 0 Å². The molecule has 25 heavy (non-hydrogen) atoms. The lowest BCUT2D eigenvalue weighted by atomic mass is 10.1. The van der Waals surface area contributed by atoms with Gasteiger partial charge in [-0.2, -0.15) is 4.98 Å². The number of aromatic nitrogens is 3. The topological polar surface area (TPSA) is 83.1 Å². The van der Waals surface area contributed by atoms with E-state index in [0.717, 1.165) is 30.4 Å². The maximum absolute atomic E-state index is 12.6. The number of hydrogen-bond acceptors (Lipinski definition) is 5. The van der Waals surface area contributed by atoms with Crippen molar-refractivity contribution in [1.29, 1.82) is 0 Å². The molecule has 1 aromatic carbocycles. The molecule has 0 aliphatic carbocycles. The fraction of sp³-hybridized carbons (Fsp3) is 0.471. The molecule has 1 saturated heterocycles. The van der Waals surface area contributed by atoms with Crippen molar-refractivity contribution in [2.75, 3.05) is 23.3 Å².